The lowest BCUT2D eigenvalue weighted by Gasteiger charge is -2.27. The second kappa shape index (κ2) is 11.2. The van der Waals surface area contributed by atoms with E-state index in [0.717, 1.165) is 50.1 Å². The Labute approximate surface area is 151 Å². The number of carbonyl (C=O) groups excluding carboxylic acids is 1. The van der Waals surface area contributed by atoms with Gasteiger partial charge in [-0.25, -0.2) is 0 Å². The smallest absolute Gasteiger partial charge is 0.227 e. The summed E-state index contributed by atoms with van der Waals surface area (Å²) in [5.41, 5.74) is 1.90. The van der Waals surface area contributed by atoms with Crippen molar-refractivity contribution in [3.63, 3.8) is 0 Å². The molecule has 0 radical (unpaired) electrons. The van der Waals surface area contributed by atoms with Crippen molar-refractivity contribution in [2.24, 2.45) is 5.92 Å². The number of amides is 1. The number of piperidine rings is 1. The summed E-state index contributed by atoms with van der Waals surface area (Å²) in [5.74, 6) is 0.215. The van der Waals surface area contributed by atoms with Gasteiger partial charge >= 0.3 is 0 Å². The Morgan fingerprint density at radius 2 is 2.12 bits per heavy atom. The maximum atomic E-state index is 12.4. The molecule has 140 valence electrons. The van der Waals surface area contributed by atoms with Gasteiger partial charge in [-0.15, -0.1) is 0 Å². The van der Waals surface area contributed by atoms with Crippen LogP contribution in [0, 0.1) is 5.92 Å². The molecule has 1 aromatic rings. The Bertz CT molecular complexity index is 521. The molecule has 0 aromatic heterocycles. The second-order valence-electron chi connectivity index (χ2n) is 6.78. The van der Waals surface area contributed by atoms with Gasteiger partial charge in [-0.05, 0) is 50.4 Å². The molecule has 1 amide bonds. The van der Waals surface area contributed by atoms with E-state index in [-0.39, 0.29) is 11.8 Å². The van der Waals surface area contributed by atoms with Crippen LogP contribution in [0.15, 0.2) is 24.3 Å². The normalized spacial score (nSPS) is 20.4. The SMILES string of the molecule is CCCCOCCOCc1cccc(NC(=O)[C@H]2CCN[C@@H](C)C2)c1. The second-order valence-corrected chi connectivity index (χ2v) is 6.78. The van der Waals surface area contributed by atoms with Crippen LogP contribution in [-0.2, 0) is 20.9 Å². The van der Waals surface area contributed by atoms with Crippen LogP contribution < -0.4 is 10.6 Å². The van der Waals surface area contributed by atoms with Crippen molar-refractivity contribution in [2.45, 2.75) is 52.2 Å². The van der Waals surface area contributed by atoms with E-state index < -0.39 is 0 Å². The fourth-order valence-corrected chi connectivity index (χ4v) is 3.01. The minimum absolute atomic E-state index is 0.0939. The topological polar surface area (TPSA) is 59.6 Å². The molecule has 1 aromatic carbocycles. The molecule has 0 unspecified atom stereocenters. The Balaban J connectivity index is 1.72. The number of hydrogen-bond acceptors (Lipinski definition) is 4. The highest BCUT2D eigenvalue weighted by Gasteiger charge is 2.24. The molecular weight excluding hydrogens is 316 g/mol. The molecule has 1 aliphatic heterocycles. The lowest BCUT2D eigenvalue weighted by atomic mass is 9.92. The summed E-state index contributed by atoms with van der Waals surface area (Å²) in [5, 5.41) is 6.43. The van der Waals surface area contributed by atoms with Gasteiger partial charge in [-0.1, -0.05) is 25.5 Å². The average molecular weight is 348 g/mol. The van der Waals surface area contributed by atoms with Crippen molar-refractivity contribution < 1.29 is 14.3 Å². The van der Waals surface area contributed by atoms with E-state index in [2.05, 4.69) is 24.5 Å². The third-order valence-electron chi connectivity index (χ3n) is 4.47. The molecule has 1 aliphatic rings. The predicted molar refractivity (Wildman–Crippen MR) is 101 cm³/mol. The summed E-state index contributed by atoms with van der Waals surface area (Å²) in [7, 11) is 0. The fraction of sp³-hybridized carbons (Fsp3) is 0.650. The summed E-state index contributed by atoms with van der Waals surface area (Å²) in [6.07, 6.45) is 4.04. The van der Waals surface area contributed by atoms with Gasteiger partial charge in [-0.3, -0.25) is 4.79 Å². The van der Waals surface area contributed by atoms with E-state index in [4.69, 9.17) is 9.47 Å². The summed E-state index contributed by atoms with van der Waals surface area (Å²) in [4.78, 5) is 12.4. The lowest BCUT2D eigenvalue weighted by Crippen LogP contribution is -2.40. The Morgan fingerprint density at radius 3 is 2.92 bits per heavy atom. The van der Waals surface area contributed by atoms with E-state index in [1.807, 2.05) is 24.3 Å². The van der Waals surface area contributed by atoms with Gasteiger partial charge in [0.1, 0.15) is 0 Å². The van der Waals surface area contributed by atoms with Gasteiger partial charge in [0.05, 0.1) is 19.8 Å². The fourth-order valence-electron chi connectivity index (χ4n) is 3.01. The molecular formula is C20H32N2O3. The van der Waals surface area contributed by atoms with Crippen LogP contribution in [0.5, 0.6) is 0 Å². The number of carbonyl (C=O) groups is 1. The van der Waals surface area contributed by atoms with E-state index >= 15 is 0 Å². The molecule has 5 heteroatoms. The van der Waals surface area contributed by atoms with Crippen LogP contribution in [0.4, 0.5) is 5.69 Å². The molecule has 2 N–H and O–H groups in total. The van der Waals surface area contributed by atoms with Gasteiger partial charge in [0.2, 0.25) is 5.91 Å². The summed E-state index contributed by atoms with van der Waals surface area (Å²) < 4.78 is 11.1. The molecule has 1 saturated heterocycles. The van der Waals surface area contributed by atoms with Gasteiger partial charge in [0.25, 0.3) is 0 Å². The summed E-state index contributed by atoms with van der Waals surface area (Å²) >= 11 is 0. The Morgan fingerprint density at radius 1 is 1.28 bits per heavy atom. The van der Waals surface area contributed by atoms with Crippen molar-refractivity contribution in [1.82, 2.24) is 5.32 Å². The zero-order valence-corrected chi connectivity index (χ0v) is 15.6. The minimum atomic E-state index is 0.0939. The molecule has 5 nitrogen and oxygen atoms in total. The lowest BCUT2D eigenvalue weighted by molar-refractivity contribution is -0.120. The van der Waals surface area contributed by atoms with E-state index in [0.29, 0.717) is 25.9 Å². The van der Waals surface area contributed by atoms with Crippen molar-refractivity contribution in [2.75, 3.05) is 31.7 Å². The molecule has 2 atom stereocenters. The maximum Gasteiger partial charge on any atom is 0.227 e. The van der Waals surface area contributed by atoms with E-state index in [1.54, 1.807) is 0 Å². The maximum absolute atomic E-state index is 12.4. The third kappa shape index (κ3) is 7.55. The molecule has 0 saturated carbocycles. The first-order valence-electron chi connectivity index (χ1n) is 9.47. The molecule has 1 heterocycles. The van der Waals surface area contributed by atoms with Gasteiger partial charge < -0.3 is 20.1 Å². The van der Waals surface area contributed by atoms with Crippen LogP contribution in [0.3, 0.4) is 0 Å². The van der Waals surface area contributed by atoms with Crippen molar-refractivity contribution in [3.8, 4) is 0 Å². The van der Waals surface area contributed by atoms with Crippen LogP contribution in [-0.4, -0.2) is 38.3 Å². The number of anilines is 1. The van der Waals surface area contributed by atoms with Crippen LogP contribution in [0.2, 0.25) is 0 Å². The number of rotatable bonds is 10. The number of unbranched alkanes of at least 4 members (excludes halogenated alkanes) is 1. The standard InChI is InChI=1S/C20H32N2O3/c1-3-4-10-24-11-12-25-15-17-6-5-7-19(14-17)22-20(23)18-8-9-21-16(2)13-18/h5-7,14,16,18,21H,3-4,8-13,15H2,1-2H3,(H,22,23)/t16-,18-/m0/s1. The van der Waals surface area contributed by atoms with Gasteiger partial charge in [0.15, 0.2) is 0 Å². The van der Waals surface area contributed by atoms with Crippen LogP contribution >= 0.6 is 0 Å². The highest BCUT2D eigenvalue weighted by Crippen LogP contribution is 2.19. The first-order valence-corrected chi connectivity index (χ1v) is 9.47. The first kappa shape index (κ1) is 19.9. The van der Waals surface area contributed by atoms with Crippen molar-refractivity contribution in [3.05, 3.63) is 29.8 Å². The van der Waals surface area contributed by atoms with E-state index in [9.17, 15) is 4.79 Å². The van der Waals surface area contributed by atoms with Gasteiger partial charge in [-0.2, -0.15) is 0 Å². The van der Waals surface area contributed by atoms with Crippen molar-refractivity contribution >= 4 is 11.6 Å². The molecule has 25 heavy (non-hydrogen) atoms. The zero-order valence-electron chi connectivity index (χ0n) is 15.6. The summed E-state index contributed by atoms with van der Waals surface area (Å²) in [6, 6.07) is 8.29. The van der Waals surface area contributed by atoms with Crippen LogP contribution in [0.1, 0.15) is 45.1 Å². The van der Waals surface area contributed by atoms with Gasteiger partial charge in [0, 0.05) is 24.3 Å². The number of hydrogen-bond donors (Lipinski definition) is 2. The van der Waals surface area contributed by atoms with Crippen LogP contribution in [0.25, 0.3) is 0 Å². The Hall–Kier alpha value is -1.43. The number of nitrogens with one attached hydrogen (secondary N) is 2. The molecule has 0 spiro atoms. The largest absolute Gasteiger partial charge is 0.379 e. The third-order valence-corrected chi connectivity index (χ3v) is 4.47. The van der Waals surface area contributed by atoms with Crippen molar-refractivity contribution in [1.29, 1.82) is 0 Å². The highest BCUT2D eigenvalue weighted by molar-refractivity contribution is 5.92. The quantitative estimate of drug-likeness (QED) is 0.637. The summed E-state index contributed by atoms with van der Waals surface area (Å²) in [6.45, 7) is 7.74. The molecule has 0 bridgehead atoms. The number of benzene rings is 1. The zero-order chi connectivity index (χ0) is 17.9. The average Bonchev–Trinajstić information content (AvgIpc) is 2.61. The minimum Gasteiger partial charge on any atom is -0.379 e. The van der Waals surface area contributed by atoms with E-state index in [1.165, 1.54) is 0 Å². The Kier molecular flexibility index (Phi) is 8.94. The molecule has 0 aliphatic carbocycles. The first-order chi connectivity index (χ1) is 12.2. The highest BCUT2D eigenvalue weighted by atomic mass is 16.5. The predicted octanol–water partition coefficient (Wildman–Crippen LogP) is 3.35. The molecule has 2 rings (SSSR count). The number of ether oxygens (including phenoxy) is 2. The monoisotopic (exact) mass is 348 g/mol. The molecule has 1 fully saturated rings.